The summed E-state index contributed by atoms with van der Waals surface area (Å²) in [4.78, 5) is 23.2. The van der Waals surface area contributed by atoms with Gasteiger partial charge in [0.2, 0.25) is 0 Å². The monoisotopic (exact) mass is 528 g/mol. The number of unbranched alkanes of at least 4 members (excludes halogenated alkanes) is 6. The number of rotatable bonds is 18. The van der Waals surface area contributed by atoms with Crippen LogP contribution in [0.2, 0.25) is 13.3 Å². The number of carbonyl (C=O) groups is 2. The fourth-order valence-corrected chi connectivity index (χ4v) is 19.6. The maximum absolute atomic E-state index is 12.5. The molecule has 0 unspecified atom stereocenters. The summed E-state index contributed by atoms with van der Waals surface area (Å²) in [7, 11) is 0. The van der Waals surface area contributed by atoms with E-state index in [0.29, 0.717) is 11.7 Å². The molecule has 4 heteroatoms. The van der Waals surface area contributed by atoms with Crippen LogP contribution in [0.4, 0.5) is 0 Å². The van der Waals surface area contributed by atoms with Crippen LogP contribution < -0.4 is 0 Å². The molecule has 1 N–H and O–H groups in total. The molecule has 30 heavy (non-hydrogen) atoms. The molecule has 3 nitrogen and oxygen atoms in total. The summed E-state index contributed by atoms with van der Waals surface area (Å²) < 4.78 is 7.25. The van der Waals surface area contributed by atoms with E-state index in [9.17, 15) is 9.59 Å². The summed E-state index contributed by atoms with van der Waals surface area (Å²) >= 11 is -2.26. The number of allylic oxidation sites excluding steroid dienone is 1. The number of hydrogen-bond donors (Lipinski definition) is 1. The van der Waals surface area contributed by atoms with Crippen LogP contribution in [0.15, 0.2) is 10.2 Å². The van der Waals surface area contributed by atoms with E-state index in [1.165, 1.54) is 51.8 Å². The van der Waals surface area contributed by atoms with E-state index in [-0.39, 0.29) is 12.3 Å². The minimum atomic E-state index is -2.26. The van der Waals surface area contributed by atoms with Crippen molar-refractivity contribution < 1.29 is 14.7 Å². The van der Waals surface area contributed by atoms with Crippen molar-refractivity contribution in [2.75, 3.05) is 0 Å². The van der Waals surface area contributed by atoms with Gasteiger partial charge in [0.05, 0.1) is 0 Å². The van der Waals surface area contributed by atoms with Gasteiger partial charge in [-0.15, -0.1) is 0 Å². The predicted molar refractivity (Wildman–Crippen MR) is 131 cm³/mol. The van der Waals surface area contributed by atoms with E-state index in [2.05, 4.69) is 30.9 Å². The minimum absolute atomic E-state index is 0.230. The van der Waals surface area contributed by atoms with Crippen molar-refractivity contribution >= 4 is 30.1 Å². The van der Waals surface area contributed by atoms with E-state index >= 15 is 0 Å². The van der Waals surface area contributed by atoms with Crippen molar-refractivity contribution in [2.45, 2.75) is 124 Å². The summed E-state index contributed by atoms with van der Waals surface area (Å²) in [6.45, 7) is 6.96. The van der Waals surface area contributed by atoms with Gasteiger partial charge in [-0.05, 0) is 0 Å². The predicted octanol–water partition coefficient (Wildman–Crippen LogP) is 7.95. The second-order valence-electron chi connectivity index (χ2n) is 9.65. The van der Waals surface area contributed by atoms with Crippen LogP contribution in [0, 0.1) is 11.8 Å². The number of carboxylic acids is 1. The first-order chi connectivity index (χ1) is 14.5. The summed E-state index contributed by atoms with van der Waals surface area (Å²) in [5, 5.41) is 8.75. The third-order valence-electron chi connectivity index (χ3n) is 7.09. The van der Waals surface area contributed by atoms with Gasteiger partial charge in [0, 0.05) is 0 Å². The van der Waals surface area contributed by atoms with Crippen LogP contribution in [0.5, 0.6) is 0 Å². The first kappa shape index (κ1) is 27.7. The zero-order valence-corrected chi connectivity index (χ0v) is 22.9. The molecular formula is C26H48O3Sn. The van der Waals surface area contributed by atoms with Gasteiger partial charge in [0.1, 0.15) is 0 Å². The second kappa shape index (κ2) is 16.3. The van der Waals surface area contributed by atoms with Gasteiger partial charge < -0.3 is 0 Å². The molecule has 2 atom stereocenters. The molecule has 0 aromatic rings. The Kier molecular flexibility index (Phi) is 15.1. The Balaban J connectivity index is 2.70. The Morgan fingerprint density at radius 1 is 0.933 bits per heavy atom. The number of Topliss-reactive ketones (excluding diaryl/α,β-unsaturated/α-hetero) is 1. The Morgan fingerprint density at radius 3 is 2.03 bits per heavy atom. The van der Waals surface area contributed by atoms with E-state index in [1.807, 2.05) is 0 Å². The molecule has 1 fully saturated rings. The van der Waals surface area contributed by atoms with Crippen LogP contribution in [-0.2, 0) is 9.59 Å². The van der Waals surface area contributed by atoms with Gasteiger partial charge >= 0.3 is 191 Å². The Hall–Kier alpha value is -0.321. The van der Waals surface area contributed by atoms with Gasteiger partial charge in [-0.1, -0.05) is 0 Å². The molecule has 1 saturated carbocycles. The van der Waals surface area contributed by atoms with Crippen molar-refractivity contribution in [1.29, 1.82) is 0 Å². The molecule has 0 bridgehead atoms. The Bertz CT molecular complexity index is 493. The molecular weight excluding hydrogens is 479 g/mol. The normalized spacial score (nSPS) is 19.8. The first-order valence-corrected chi connectivity index (χ1v) is 20.6. The van der Waals surface area contributed by atoms with Gasteiger partial charge in [-0.25, -0.2) is 0 Å². The van der Waals surface area contributed by atoms with E-state index in [4.69, 9.17) is 5.11 Å². The maximum atomic E-state index is 12.5. The molecule has 0 saturated heterocycles. The number of hydrogen-bond acceptors (Lipinski definition) is 2. The van der Waals surface area contributed by atoms with Crippen molar-refractivity contribution in [1.82, 2.24) is 0 Å². The van der Waals surface area contributed by atoms with Crippen LogP contribution in [0.3, 0.4) is 0 Å². The number of aliphatic carboxylic acids is 1. The second-order valence-corrected chi connectivity index (χ2v) is 22.7. The topological polar surface area (TPSA) is 54.4 Å². The molecule has 0 amide bonds. The molecule has 0 aliphatic heterocycles. The number of carbonyl (C=O) groups excluding carboxylic acids is 1. The SMILES string of the molecule is CCC[CH2][Sn]([CH]=C[C@H]1CCC(=O)[C@@H]1CCCCCCC(=O)O)([CH2]CCC)[CH2]CCC. The van der Waals surface area contributed by atoms with Crippen molar-refractivity contribution in [3.05, 3.63) is 10.2 Å². The summed E-state index contributed by atoms with van der Waals surface area (Å²) in [5.74, 6) is 0.479. The van der Waals surface area contributed by atoms with Crippen molar-refractivity contribution in [3.8, 4) is 0 Å². The van der Waals surface area contributed by atoms with Crippen LogP contribution in [0.1, 0.15) is 111 Å². The van der Waals surface area contributed by atoms with Crippen molar-refractivity contribution in [3.63, 3.8) is 0 Å². The molecule has 1 aliphatic carbocycles. The molecule has 0 aromatic carbocycles. The van der Waals surface area contributed by atoms with Gasteiger partial charge in [-0.3, -0.25) is 0 Å². The average molecular weight is 527 g/mol. The summed E-state index contributed by atoms with van der Waals surface area (Å²) in [6.07, 6.45) is 17.6. The molecule has 0 heterocycles. The molecule has 0 radical (unpaired) electrons. The number of ketones is 1. The van der Waals surface area contributed by atoms with E-state index in [1.54, 1.807) is 0 Å². The molecule has 0 spiro atoms. The molecule has 174 valence electrons. The average Bonchev–Trinajstić information content (AvgIpc) is 3.09. The quantitative estimate of drug-likeness (QED) is 0.145. The van der Waals surface area contributed by atoms with Gasteiger partial charge in [0.15, 0.2) is 0 Å². The third-order valence-corrected chi connectivity index (χ3v) is 21.2. The van der Waals surface area contributed by atoms with Crippen LogP contribution in [0.25, 0.3) is 0 Å². The number of carboxylic acid groups (broad SMARTS) is 1. The summed E-state index contributed by atoms with van der Waals surface area (Å²) in [5.41, 5.74) is 0. The third kappa shape index (κ3) is 10.8. The Morgan fingerprint density at radius 2 is 1.50 bits per heavy atom. The van der Waals surface area contributed by atoms with E-state index in [0.717, 1.165) is 44.9 Å². The van der Waals surface area contributed by atoms with Crippen molar-refractivity contribution in [2.24, 2.45) is 11.8 Å². The van der Waals surface area contributed by atoms with Crippen LogP contribution in [-0.4, -0.2) is 35.2 Å². The molecule has 0 aromatic heterocycles. The fraction of sp³-hybridized carbons (Fsp3) is 0.846. The molecule has 1 rings (SSSR count). The zero-order valence-electron chi connectivity index (χ0n) is 20.1. The van der Waals surface area contributed by atoms with Gasteiger partial charge in [-0.2, -0.15) is 0 Å². The summed E-state index contributed by atoms with van der Waals surface area (Å²) in [6, 6.07) is 0. The fourth-order valence-electron chi connectivity index (χ4n) is 5.07. The van der Waals surface area contributed by atoms with E-state index < -0.39 is 24.3 Å². The van der Waals surface area contributed by atoms with Crippen LogP contribution >= 0.6 is 0 Å². The standard InChI is InChI=1S/C14H21O3.3C4H9.Sn/c1-2-11-9-10-13(15)12(11)7-5-3-4-6-8-14(16)17;3*1-3-4-2;/h1-2,11-12H,3-10H2,(H,16,17);3*1,3-4H2,2H3;/t11-,12+;;;;/m0..../s1. The molecule has 1 aliphatic rings. The van der Waals surface area contributed by atoms with Gasteiger partial charge in [0.25, 0.3) is 0 Å². The first-order valence-electron chi connectivity index (χ1n) is 12.9. The zero-order chi connectivity index (χ0) is 22.2. The Labute approximate surface area is 190 Å².